The van der Waals surface area contributed by atoms with E-state index in [4.69, 9.17) is 25.6 Å². The molecule has 1 heterocycles. The smallest absolute Gasteiger partial charge is 0.444 e. The second-order valence-corrected chi connectivity index (χ2v) is 9.60. The molecule has 1 aliphatic heterocycles. The zero-order valence-electron chi connectivity index (χ0n) is 18.3. The Hall–Kier alpha value is -1.54. The minimum absolute atomic E-state index is 0.164. The van der Waals surface area contributed by atoms with E-state index in [1.807, 2.05) is 39.8 Å². The molecule has 6 nitrogen and oxygen atoms in total. The lowest BCUT2D eigenvalue weighted by molar-refractivity contribution is 0.00578. The van der Waals surface area contributed by atoms with Gasteiger partial charge < -0.3 is 24.5 Å². The van der Waals surface area contributed by atoms with E-state index in [0.717, 1.165) is 5.56 Å². The molecule has 8 heteroatoms. The predicted molar refractivity (Wildman–Crippen MR) is 116 cm³/mol. The number of hydrogen-bond donors (Lipinski definition) is 2. The van der Waals surface area contributed by atoms with Gasteiger partial charge in [0.2, 0.25) is 0 Å². The van der Waals surface area contributed by atoms with Crippen molar-refractivity contribution in [1.82, 2.24) is 5.32 Å². The van der Waals surface area contributed by atoms with Crippen LogP contribution in [0.4, 0.5) is 4.79 Å². The third-order valence-electron chi connectivity index (χ3n) is 5.01. The molecule has 0 aromatic heterocycles. The fraction of sp³-hybridized carbons (Fsp3) is 0.571. The van der Waals surface area contributed by atoms with Crippen molar-refractivity contribution in [2.75, 3.05) is 6.54 Å². The lowest BCUT2D eigenvalue weighted by atomic mass is 9.76. The van der Waals surface area contributed by atoms with Crippen molar-refractivity contribution in [2.24, 2.45) is 0 Å². The molecule has 1 aliphatic rings. The maximum absolute atomic E-state index is 12.2. The Bertz CT molecular complexity index is 770. The lowest BCUT2D eigenvalue weighted by Gasteiger charge is -2.32. The molecular weight excluding hydrogens is 392 g/mol. The molecule has 0 aliphatic carbocycles. The van der Waals surface area contributed by atoms with Crippen LogP contribution < -0.4 is 5.32 Å². The highest BCUT2D eigenvalue weighted by Gasteiger charge is 2.52. The van der Waals surface area contributed by atoms with Crippen molar-refractivity contribution in [2.45, 2.75) is 71.9 Å². The molecule has 1 fully saturated rings. The third-order valence-corrected chi connectivity index (χ3v) is 5.24. The third kappa shape index (κ3) is 6.22. The number of hydrogen-bond acceptors (Lipinski definition) is 5. The van der Waals surface area contributed by atoms with Crippen LogP contribution in [0.25, 0.3) is 6.08 Å². The first-order valence-electron chi connectivity index (χ1n) is 9.66. The van der Waals surface area contributed by atoms with Crippen LogP contribution in [-0.4, -0.2) is 41.7 Å². The maximum atomic E-state index is 12.2. The number of carbonyl (C=O) groups is 1. The summed E-state index contributed by atoms with van der Waals surface area (Å²) in [5, 5.41) is 13.0. The van der Waals surface area contributed by atoms with E-state index in [2.05, 4.69) is 5.32 Å². The van der Waals surface area contributed by atoms with E-state index in [1.165, 1.54) is 0 Å². The molecule has 0 unspecified atom stereocenters. The van der Waals surface area contributed by atoms with Crippen LogP contribution in [0, 0.1) is 0 Å². The van der Waals surface area contributed by atoms with Crippen molar-refractivity contribution < 1.29 is 23.9 Å². The predicted octanol–water partition coefficient (Wildman–Crippen LogP) is 4.37. The second kappa shape index (κ2) is 8.68. The van der Waals surface area contributed by atoms with E-state index < -0.39 is 30.0 Å². The van der Waals surface area contributed by atoms with E-state index in [1.54, 1.807) is 32.9 Å². The summed E-state index contributed by atoms with van der Waals surface area (Å²) in [7, 11) is -0.655. The summed E-state index contributed by atoms with van der Waals surface area (Å²) in [6, 6.07) is 5.26. The Labute approximate surface area is 178 Å². The molecule has 0 spiro atoms. The first kappa shape index (κ1) is 23.7. The molecule has 1 aromatic carbocycles. The monoisotopic (exact) mass is 423 g/mol. The summed E-state index contributed by atoms with van der Waals surface area (Å²) in [6.07, 6.45) is 1.32. The zero-order chi connectivity index (χ0) is 22.0. The van der Waals surface area contributed by atoms with Gasteiger partial charge in [-0.3, -0.25) is 0 Å². The molecule has 2 rings (SSSR count). The van der Waals surface area contributed by atoms with Crippen LogP contribution >= 0.6 is 11.6 Å². The number of halogens is 1. The van der Waals surface area contributed by atoms with Gasteiger partial charge in [-0.1, -0.05) is 23.7 Å². The molecule has 0 atom stereocenters. The summed E-state index contributed by atoms with van der Waals surface area (Å²) < 4.78 is 17.6. The molecule has 0 radical (unpaired) electrons. The van der Waals surface area contributed by atoms with Crippen LogP contribution in [0.1, 0.15) is 59.6 Å². The summed E-state index contributed by atoms with van der Waals surface area (Å²) in [6.45, 7) is 13.3. The van der Waals surface area contributed by atoms with Crippen molar-refractivity contribution in [3.63, 3.8) is 0 Å². The molecule has 0 bridgehead atoms. The molecule has 160 valence electrons. The Kier molecular flexibility index (Phi) is 7.11. The van der Waals surface area contributed by atoms with Gasteiger partial charge in [0.15, 0.2) is 0 Å². The van der Waals surface area contributed by atoms with Crippen molar-refractivity contribution >= 4 is 30.9 Å². The number of benzene rings is 1. The number of ether oxygens (including phenoxy) is 1. The quantitative estimate of drug-likeness (QED) is 0.688. The standard InChI is InChI=1S/C21H31BClNO5/c1-19(2,3)27-18(26)24-12-16(22-28-20(4,5)21(6,7)29-22)10-14-8-9-17(23)11-15(14)13-25/h8-11,25H,12-13H2,1-7H3,(H,24,26). The molecule has 1 amide bonds. The molecule has 1 saturated heterocycles. The number of amides is 1. The topological polar surface area (TPSA) is 77.0 Å². The van der Waals surface area contributed by atoms with Crippen LogP contribution in [-0.2, 0) is 20.7 Å². The summed E-state index contributed by atoms with van der Waals surface area (Å²) >= 11 is 6.04. The van der Waals surface area contributed by atoms with Gasteiger partial charge in [0.25, 0.3) is 0 Å². The number of aliphatic hydroxyl groups is 1. The first-order valence-corrected chi connectivity index (χ1v) is 10.0. The van der Waals surface area contributed by atoms with Gasteiger partial charge in [-0.05, 0) is 77.2 Å². The Morgan fingerprint density at radius 1 is 1.24 bits per heavy atom. The van der Waals surface area contributed by atoms with Gasteiger partial charge in [0.05, 0.1) is 17.8 Å². The highest BCUT2D eigenvalue weighted by atomic mass is 35.5. The van der Waals surface area contributed by atoms with Crippen LogP contribution in [0.15, 0.2) is 23.7 Å². The number of aliphatic hydroxyl groups excluding tert-OH is 1. The van der Waals surface area contributed by atoms with Gasteiger partial charge in [-0.25, -0.2) is 4.79 Å². The fourth-order valence-electron chi connectivity index (χ4n) is 2.74. The van der Waals surface area contributed by atoms with E-state index in [0.29, 0.717) is 16.1 Å². The minimum atomic E-state index is -0.655. The Morgan fingerprint density at radius 2 is 1.83 bits per heavy atom. The van der Waals surface area contributed by atoms with Gasteiger partial charge >= 0.3 is 13.2 Å². The molecular formula is C21H31BClNO5. The second-order valence-electron chi connectivity index (χ2n) is 9.16. The van der Waals surface area contributed by atoms with E-state index in [9.17, 15) is 9.90 Å². The Balaban J connectivity index is 2.33. The average Bonchev–Trinajstić information content (AvgIpc) is 2.78. The summed E-state index contributed by atoms with van der Waals surface area (Å²) in [5.41, 5.74) is 0.492. The summed E-state index contributed by atoms with van der Waals surface area (Å²) in [5.74, 6) is 0. The highest BCUT2D eigenvalue weighted by Crippen LogP contribution is 2.39. The van der Waals surface area contributed by atoms with Crippen molar-refractivity contribution in [1.29, 1.82) is 0 Å². The van der Waals surface area contributed by atoms with Crippen LogP contribution in [0.3, 0.4) is 0 Å². The van der Waals surface area contributed by atoms with E-state index in [-0.39, 0.29) is 13.2 Å². The molecule has 1 aromatic rings. The number of nitrogens with one attached hydrogen (secondary N) is 1. The normalized spacial score (nSPS) is 18.7. The molecule has 2 N–H and O–H groups in total. The first-order chi connectivity index (χ1) is 13.2. The zero-order valence-corrected chi connectivity index (χ0v) is 19.0. The largest absolute Gasteiger partial charge is 0.492 e. The van der Waals surface area contributed by atoms with Gasteiger partial charge in [0, 0.05) is 11.6 Å². The minimum Gasteiger partial charge on any atom is -0.444 e. The fourth-order valence-corrected chi connectivity index (χ4v) is 2.93. The molecule has 29 heavy (non-hydrogen) atoms. The van der Waals surface area contributed by atoms with E-state index >= 15 is 0 Å². The van der Waals surface area contributed by atoms with Gasteiger partial charge in [0.1, 0.15) is 5.60 Å². The van der Waals surface area contributed by atoms with Crippen LogP contribution in [0.5, 0.6) is 0 Å². The number of rotatable bonds is 5. The van der Waals surface area contributed by atoms with Crippen molar-refractivity contribution in [3.8, 4) is 0 Å². The maximum Gasteiger partial charge on any atom is 0.492 e. The molecule has 0 saturated carbocycles. The number of alkyl carbamates (subject to hydrolysis) is 1. The van der Waals surface area contributed by atoms with Gasteiger partial charge in [-0.15, -0.1) is 0 Å². The Morgan fingerprint density at radius 3 is 2.34 bits per heavy atom. The SMILES string of the molecule is CC(C)(C)OC(=O)NCC(=Cc1ccc(Cl)cc1CO)B1OC(C)(C)C(C)(C)O1. The van der Waals surface area contributed by atoms with Crippen LogP contribution in [0.2, 0.25) is 5.02 Å². The van der Waals surface area contributed by atoms with Gasteiger partial charge in [-0.2, -0.15) is 0 Å². The summed E-state index contributed by atoms with van der Waals surface area (Å²) in [4.78, 5) is 12.2. The average molecular weight is 424 g/mol. The number of carbonyl (C=O) groups excluding carboxylic acids is 1. The van der Waals surface area contributed by atoms with Crippen molar-refractivity contribution in [3.05, 3.63) is 39.8 Å². The highest BCUT2D eigenvalue weighted by molar-refractivity contribution is 6.56. The lowest BCUT2D eigenvalue weighted by Crippen LogP contribution is -2.41.